The van der Waals surface area contributed by atoms with Crippen LogP contribution in [0.5, 0.6) is 0 Å². The van der Waals surface area contributed by atoms with Crippen molar-refractivity contribution in [3.63, 3.8) is 0 Å². The zero-order valence-corrected chi connectivity index (χ0v) is 25.3. The SMILES string of the molecule is NCCN(O)C(=O)NC1CC(N)C(OC2OC(CNCC3CC(N)C3)C(O)C(O)C2O)C(O)C1OC1OC(CO)C(O)C(N)C1O. The summed E-state index contributed by atoms with van der Waals surface area (Å²) in [5.74, 6) is 0.365. The first-order chi connectivity index (χ1) is 21.8. The second kappa shape index (κ2) is 16.3. The third-order valence-electron chi connectivity index (χ3n) is 9.14. The Bertz CT molecular complexity index is 971. The van der Waals surface area contributed by atoms with E-state index in [1.807, 2.05) is 0 Å². The number of hydrogen-bond donors (Lipinski definition) is 14. The fourth-order valence-electron chi connectivity index (χ4n) is 6.31. The number of aliphatic hydroxyl groups excluding tert-OH is 7. The first-order valence-corrected chi connectivity index (χ1v) is 15.5. The van der Waals surface area contributed by atoms with Gasteiger partial charge >= 0.3 is 6.03 Å². The van der Waals surface area contributed by atoms with Crippen molar-refractivity contribution >= 4 is 6.03 Å². The summed E-state index contributed by atoms with van der Waals surface area (Å²) < 4.78 is 23.1. The number of hydrogen-bond acceptors (Lipinski definition) is 18. The maximum Gasteiger partial charge on any atom is 0.341 e. The van der Waals surface area contributed by atoms with Crippen LogP contribution in [0.25, 0.3) is 0 Å². The van der Waals surface area contributed by atoms with Crippen LogP contribution >= 0.6 is 0 Å². The summed E-state index contributed by atoms with van der Waals surface area (Å²) in [6, 6.07) is -4.37. The largest absolute Gasteiger partial charge is 0.394 e. The van der Waals surface area contributed by atoms with E-state index in [1.165, 1.54) is 0 Å². The summed E-state index contributed by atoms with van der Waals surface area (Å²) in [6.07, 6.45) is -16.5. The number of nitrogens with zero attached hydrogens (tertiary/aromatic N) is 1. The van der Waals surface area contributed by atoms with Crippen molar-refractivity contribution in [2.24, 2.45) is 28.9 Å². The smallest absolute Gasteiger partial charge is 0.341 e. The molecule has 0 spiro atoms. The summed E-state index contributed by atoms with van der Waals surface area (Å²) in [7, 11) is 0. The van der Waals surface area contributed by atoms with Crippen molar-refractivity contribution in [1.29, 1.82) is 0 Å². The molecule has 2 aliphatic carbocycles. The van der Waals surface area contributed by atoms with E-state index < -0.39 is 104 Å². The van der Waals surface area contributed by atoms with E-state index in [-0.39, 0.29) is 32.1 Å². The maximum absolute atomic E-state index is 12.6. The molecule has 4 aliphatic rings. The van der Waals surface area contributed by atoms with Crippen molar-refractivity contribution in [2.75, 3.05) is 32.8 Å². The van der Waals surface area contributed by atoms with E-state index >= 15 is 0 Å². The van der Waals surface area contributed by atoms with Gasteiger partial charge < -0.3 is 88.3 Å². The van der Waals surface area contributed by atoms with Crippen LogP contribution in [-0.2, 0) is 18.9 Å². The molecular formula is C26H51N7O13. The molecule has 20 heteroatoms. The number of rotatable bonds is 12. The highest BCUT2D eigenvalue weighted by Crippen LogP contribution is 2.32. The molecule has 2 saturated carbocycles. The molecule has 4 fully saturated rings. The monoisotopic (exact) mass is 669 g/mol. The molecule has 2 amide bonds. The van der Waals surface area contributed by atoms with Crippen molar-refractivity contribution in [3.8, 4) is 0 Å². The van der Waals surface area contributed by atoms with Crippen LogP contribution in [0.2, 0.25) is 0 Å². The van der Waals surface area contributed by atoms with Gasteiger partial charge in [0.05, 0.1) is 25.2 Å². The summed E-state index contributed by atoms with van der Waals surface area (Å²) in [6.45, 7) is -0.265. The van der Waals surface area contributed by atoms with E-state index in [1.54, 1.807) is 0 Å². The zero-order chi connectivity index (χ0) is 33.9. The van der Waals surface area contributed by atoms with Gasteiger partial charge in [0, 0.05) is 25.2 Å². The van der Waals surface area contributed by atoms with Crippen LogP contribution in [0, 0.1) is 5.92 Å². The molecule has 0 aromatic heterocycles. The first-order valence-electron chi connectivity index (χ1n) is 15.5. The quantitative estimate of drug-likeness (QED) is 0.0677. The molecule has 0 aromatic carbocycles. The van der Waals surface area contributed by atoms with Gasteiger partial charge in [0.15, 0.2) is 12.6 Å². The predicted octanol–water partition coefficient (Wildman–Crippen LogP) is -7.52. The zero-order valence-electron chi connectivity index (χ0n) is 25.3. The van der Waals surface area contributed by atoms with E-state index in [0.29, 0.717) is 17.5 Å². The predicted molar refractivity (Wildman–Crippen MR) is 154 cm³/mol. The lowest BCUT2D eigenvalue weighted by molar-refractivity contribution is -0.333. The first kappa shape index (κ1) is 37.4. The van der Waals surface area contributed by atoms with Gasteiger partial charge in [-0.15, -0.1) is 0 Å². The molecule has 0 aromatic rings. The molecule has 0 radical (unpaired) electrons. The Kier molecular flexibility index (Phi) is 13.3. The van der Waals surface area contributed by atoms with Crippen LogP contribution in [0.1, 0.15) is 19.3 Å². The molecule has 18 N–H and O–H groups in total. The lowest BCUT2D eigenvalue weighted by atomic mass is 9.81. The number of carbonyl (C=O) groups excluding carboxylic acids is 1. The van der Waals surface area contributed by atoms with Crippen molar-refractivity contribution in [3.05, 3.63) is 0 Å². The number of nitrogens with two attached hydrogens (primary N) is 4. The van der Waals surface area contributed by atoms with Gasteiger partial charge in [-0.3, -0.25) is 5.21 Å². The second-order valence-corrected chi connectivity index (χ2v) is 12.6. The summed E-state index contributed by atoms with van der Waals surface area (Å²) in [4.78, 5) is 12.6. The van der Waals surface area contributed by atoms with Crippen LogP contribution in [-0.4, -0.2) is 183 Å². The summed E-state index contributed by atoms with van der Waals surface area (Å²) in [5.41, 5.74) is 23.5. The second-order valence-electron chi connectivity index (χ2n) is 12.6. The molecule has 2 saturated heterocycles. The standard InChI is InChI=1S/C26H51N7O13/c27-1-2-33(42)26(41)32-12-5-11(29)22(21(40)23(12)46-24-18(37)15(30)16(35)14(8-34)44-24)45-25-20(39)19(38)17(36)13(43-25)7-31-6-9-3-10(28)4-9/h9-25,31,34-40,42H,1-8,27-30H2,(H,32,41). The average Bonchev–Trinajstić information content (AvgIpc) is 3.00. The molecule has 2 aliphatic heterocycles. The van der Waals surface area contributed by atoms with Crippen LogP contribution < -0.4 is 33.6 Å². The highest BCUT2D eigenvalue weighted by atomic mass is 16.7. The van der Waals surface area contributed by atoms with Gasteiger partial charge in [0.25, 0.3) is 0 Å². The molecule has 2 heterocycles. The Balaban J connectivity index is 1.49. The number of amides is 2. The summed E-state index contributed by atoms with van der Waals surface area (Å²) >= 11 is 0. The third-order valence-corrected chi connectivity index (χ3v) is 9.14. The van der Waals surface area contributed by atoms with Crippen molar-refractivity contribution in [1.82, 2.24) is 15.7 Å². The van der Waals surface area contributed by atoms with Gasteiger partial charge in [-0.2, -0.15) is 0 Å². The van der Waals surface area contributed by atoms with Crippen molar-refractivity contribution < 1.29 is 64.7 Å². The topological polar surface area (TPSA) is 347 Å². The number of aliphatic hydroxyl groups is 7. The highest BCUT2D eigenvalue weighted by molar-refractivity contribution is 5.73. The molecule has 0 bridgehead atoms. The molecular weight excluding hydrogens is 618 g/mol. The Morgan fingerprint density at radius 1 is 0.804 bits per heavy atom. The molecule has 20 nitrogen and oxygen atoms in total. The fourth-order valence-corrected chi connectivity index (χ4v) is 6.31. The fraction of sp³-hybridized carbons (Fsp3) is 0.962. The summed E-state index contributed by atoms with van der Waals surface area (Å²) in [5, 5.41) is 89.8. The Hall–Kier alpha value is -1.41. The number of ether oxygens (including phenoxy) is 4. The van der Waals surface area contributed by atoms with Gasteiger partial charge in [-0.1, -0.05) is 0 Å². The van der Waals surface area contributed by atoms with Gasteiger partial charge in [-0.05, 0) is 31.7 Å². The molecule has 15 atom stereocenters. The molecule has 46 heavy (non-hydrogen) atoms. The number of nitrogens with one attached hydrogen (secondary N) is 2. The number of hydroxylamine groups is 2. The Morgan fingerprint density at radius 2 is 1.43 bits per heavy atom. The average molecular weight is 670 g/mol. The number of carbonyl (C=O) groups is 1. The maximum atomic E-state index is 12.6. The van der Waals surface area contributed by atoms with Crippen molar-refractivity contribution in [2.45, 2.75) is 117 Å². The minimum atomic E-state index is -1.75. The molecule has 15 unspecified atom stereocenters. The lowest BCUT2D eigenvalue weighted by Crippen LogP contribution is -2.69. The van der Waals surface area contributed by atoms with Crippen LogP contribution in [0.15, 0.2) is 0 Å². The van der Waals surface area contributed by atoms with E-state index in [4.69, 9.17) is 41.9 Å². The lowest BCUT2D eigenvalue weighted by Gasteiger charge is -2.49. The Morgan fingerprint density at radius 3 is 2.07 bits per heavy atom. The van der Waals surface area contributed by atoms with Crippen LogP contribution in [0.4, 0.5) is 4.79 Å². The molecule has 4 rings (SSSR count). The van der Waals surface area contributed by atoms with Crippen LogP contribution in [0.3, 0.4) is 0 Å². The Labute approximate surface area is 265 Å². The molecule has 268 valence electrons. The van der Waals surface area contributed by atoms with Gasteiger partial charge in [-0.25, -0.2) is 9.86 Å². The minimum absolute atomic E-state index is 0.0625. The number of urea groups is 1. The van der Waals surface area contributed by atoms with Gasteiger partial charge in [0.2, 0.25) is 0 Å². The highest BCUT2D eigenvalue weighted by Gasteiger charge is 2.52. The van der Waals surface area contributed by atoms with E-state index in [9.17, 15) is 45.7 Å². The van der Waals surface area contributed by atoms with Gasteiger partial charge in [0.1, 0.15) is 61.0 Å². The van der Waals surface area contributed by atoms with E-state index in [0.717, 1.165) is 12.8 Å². The minimum Gasteiger partial charge on any atom is -0.394 e. The van der Waals surface area contributed by atoms with E-state index in [2.05, 4.69) is 10.6 Å². The normalized spacial score (nSPS) is 46.4. The third kappa shape index (κ3) is 8.41.